The van der Waals surface area contributed by atoms with Crippen molar-refractivity contribution in [3.8, 4) is 0 Å². The summed E-state index contributed by atoms with van der Waals surface area (Å²) in [5, 5.41) is 17.9. The Morgan fingerprint density at radius 2 is 1.88 bits per heavy atom. The van der Waals surface area contributed by atoms with Crippen molar-refractivity contribution in [2.45, 2.75) is 20.3 Å². The highest BCUT2D eigenvalue weighted by molar-refractivity contribution is 5.79. The Morgan fingerprint density at radius 1 is 1.24 bits per heavy atom. The smallest absolute Gasteiger partial charge is 0.307 e. The van der Waals surface area contributed by atoms with Crippen molar-refractivity contribution in [2.24, 2.45) is 11.8 Å². The first-order valence-corrected chi connectivity index (χ1v) is 5.43. The summed E-state index contributed by atoms with van der Waals surface area (Å²) in [5.41, 5.74) is 1.89. The first-order valence-electron chi connectivity index (χ1n) is 5.43. The maximum atomic E-state index is 11.1. The number of benzene rings is 1. The Bertz CT molecular complexity index is 425. The summed E-state index contributed by atoms with van der Waals surface area (Å²) in [6.45, 7) is 3.34. The van der Waals surface area contributed by atoms with Gasteiger partial charge in [0, 0.05) is 0 Å². The molecule has 1 rings (SSSR count). The molecule has 0 spiro atoms. The molecule has 0 aliphatic carbocycles. The fourth-order valence-electron chi connectivity index (χ4n) is 1.74. The minimum Gasteiger partial charge on any atom is -0.481 e. The van der Waals surface area contributed by atoms with Crippen LogP contribution in [0.3, 0.4) is 0 Å². The highest BCUT2D eigenvalue weighted by atomic mass is 16.4. The summed E-state index contributed by atoms with van der Waals surface area (Å²) in [7, 11) is 0. The van der Waals surface area contributed by atoms with Crippen LogP contribution in [0.4, 0.5) is 0 Å². The monoisotopic (exact) mass is 236 g/mol. The maximum Gasteiger partial charge on any atom is 0.307 e. The van der Waals surface area contributed by atoms with Crippen molar-refractivity contribution in [2.75, 3.05) is 0 Å². The highest BCUT2D eigenvalue weighted by Gasteiger charge is 2.29. The quantitative estimate of drug-likeness (QED) is 0.819. The van der Waals surface area contributed by atoms with E-state index in [9.17, 15) is 9.59 Å². The molecule has 0 saturated carbocycles. The van der Waals surface area contributed by atoms with E-state index >= 15 is 0 Å². The Morgan fingerprint density at radius 3 is 2.35 bits per heavy atom. The van der Waals surface area contributed by atoms with E-state index in [1.807, 2.05) is 31.2 Å². The standard InChI is InChI=1S/C13H16O4/c1-8-4-3-5-10(6-8)7-11(13(16)17)9(2)12(14)15/h3-6,9,11H,7H2,1-2H3,(H,14,15)(H,16,17)/t9-,11-/m1/s1. The molecule has 0 unspecified atom stereocenters. The van der Waals surface area contributed by atoms with Crippen LogP contribution >= 0.6 is 0 Å². The van der Waals surface area contributed by atoms with Crippen molar-refractivity contribution in [3.05, 3.63) is 35.4 Å². The summed E-state index contributed by atoms with van der Waals surface area (Å²) in [4.78, 5) is 21.9. The summed E-state index contributed by atoms with van der Waals surface area (Å²) in [6.07, 6.45) is 0.241. The van der Waals surface area contributed by atoms with Gasteiger partial charge in [0.2, 0.25) is 0 Å². The average molecular weight is 236 g/mol. The van der Waals surface area contributed by atoms with Crippen LogP contribution in [-0.2, 0) is 16.0 Å². The largest absolute Gasteiger partial charge is 0.481 e. The van der Waals surface area contributed by atoms with Crippen LogP contribution in [0.25, 0.3) is 0 Å². The number of aliphatic carboxylic acids is 2. The lowest BCUT2D eigenvalue weighted by Gasteiger charge is -2.16. The predicted octanol–water partition coefficient (Wildman–Crippen LogP) is 1.96. The zero-order valence-corrected chi connectivity index (χ0v) is 9.88. The Balaban J connectivity index is 2.88. The van der Waals surface area contributed by atoms with E-state index in [0.29, 0.717) is 0 Å². The van der Waals surface area contributed by atoms with Gasteiger partial charge in [-0.25, -0.2) is 0 Å². The van der Waals surface area contributed by atoms with E-state index in [2.05, 4.69) is 0 Å². The molecular formula is C13H16O4. The number of aryl methyl sites for hydroxylation is 1. The molecule has 0 radical (unpaired) electrons. The van der Waals surface area contributed by atoms with Crippen LogP contribution in [0.5, 0.6) is 0 Å². The van der Waals surface area contributed by atoms with Crippen LogP contribution in [0.15, 0.2) is 24.3 Å². The van der Waals surface area contributed by atoms with Crippen molar-refractivity contribution >= 4 is 11.9 Å². The van der Waals surface area contributed by atoms with Gasteiger partial charge in [0.1, 0.15) is 0 Å². The average Bonchev–Trinajstić information content (AvgIpc) is 2.24. The minimum atomic E-state index is -1.08. The van der Waals surface area contributed by atoms with Crippen molar-refractivity contribution in [1.29, 1.82) is 0 Å². The van der Waals surface area contributed by atoms with E-state index in [0.717, 1.165) is 11.1 Å². The van der Waals surface area contributed by atoms with Gasteiger partial charge in [0.05, 0.1) is 11.8 Å². The SMILES string of the molecule is Cc1cccc(C[C@@H](C(=O)O)[C@@H](C)C(=O)O)c1. The van der Waals surface area contributed by atoms with Gasteiger partial charge in [-0.05, 0) is 18.9 Å². The van der Waals surface area contributed by atoms with E-state index < -0.39 is 23.8 Å². The Hall–Kier alpha value is -1.84. The molecule has 92 valence electrons. The topological polar surface area (TPSA) is 74.6 Å². The number of carbonyl (C=O) groups is 2. The fourth-order valence-corrected chi connectivity index (χ4v) is 1.74. The van der Waals surface area contributed by atoms with Crippen molar-refractivity contribution in [3.63, 3.8) is 0 Å². The van der Waals surface area contributed by atoms with Gasteiger partial charge in [-0.2, -0.15) is 0 Å². The third-order valence-corrected chi connectivity index (χ3v) is 2.85. The molecule has 17 heavy (non-hydrogen) atoms. The third-order valence-electron chi connectivity index (χ3n) is 2.85. The van der Waals surface area contributed by atoms with Crippen molar-refractivity contribution in [1.82, 2.24) is 0 Å². The van der Waals surface area contributed by atoms with Crippen LogP contribution in [0.1, 0.15) is 18.1 Å². The van der Waals surface area contributed by atoms with Gasteiger partial charge in [-0.3, -0.25) is 9.59 Å². The number of rotatable bonds is 5. The molecule has 0 fully saturated rings. The second-order valence-corrected chi connectivity index (χ2v) is 4.26. The normalized spacial score (nSPS) is 14.0. The highest BCUT2D eigenvalue weighted by Crippen LogP contribution is 2.19. The lowest BCUT2D eigenvalue weighted by molar-refractivity contribution is -0.152. The summed E-state index contributed by atoms with van der Waals surface area (Å²) in [5.74, 6) is -3.94. The molecule has 4 nitrogen and oxygen atoms in total. The van der Waals surface area contributed by atoms with Gasteiger partial charge >= 0.3 is 11.9 Å². The lowest BCUT2D eigenvalue weighted by atomic mass is 9.88. The number of carboxylic acid groups (broad SMARTS) is 2. The van der Waals surface area contributed by atoms with Gasteiger partial charge in [0.25, 0.3) is 0 Å². The summed E-state index contributed by atoms with van der Waals surface area (Å²) in [6, 6.07) is 7.46. The second kappa shape index (κ2) is 5.48. The van der Waals surface area contributed by atoms with Crippen molar-refractivity contribution < 1.29 is 19.8 Å². The molecular weight excluding hydrogens is 220 g/mol. The molecule has 1 aromatic rings. The summed E-state index contributed by atoms with van der Waals surface area (Å²) < 4.78 is 0. The molecule has 0 bridgehead atoms. The zero-order chi connectivity index (χ0) is 13.0. The molecule has 0 aromatic heterocycles. The first-order chi connectivity index (χ1) is 7.91. The number of carboxylic acids is 2. The predicted molar refractivity (Wildman–Crippen MR) is 62.8 cm³/mol. The van der Waals surface area contributed by atoms with Crippen LogP contribution in [-0.4, -0.2) is 22.2 Å². The minimum absolute atomic E-state index is 0.241. The molecule has 0 amide bonds. The zero-order valence-electron chi connectivity index (χ0n) is 9.88. The molecule has 2 N–H and O–H groups in total. The molecule has 0 aliphatic heterocycles. The molecule has 0 aliphatic rings. The molecule has 0 saturated heterocycles. The number of hydrogen-bond donors (Lipinski definition) is 2. The van der Waals surface area contributed by atoms with E-state index in [1.54, 1.807) is 0 Å². The number of hydrogen-bond acceptors (Lipinski definition) is 2. The van der Waals surface area contributed by atoms with Crippen LogP contribution < -0.4 is 0 Å². The van der Waals surface area contributed by atoms with Gasteiger partial charge in [-0.1, -0.05) is 36.8 Å². The van der Waals surface area contributed by atoms with Gasteiger partial charge < -0.3 is 10.2 Å². The summed E-state index contributed by atoms with van der Waals surface area (Å²) >= 11 is 0. The lowest BCUT2D eigenvalue weighted by Crippen LogP contribution is -2.29. The van der Waals surface area contributed by atoms with Crippen LogP contribution in [0.2, 0.25) is 0 Å². The third kappa shape index (κ3) is 3.59. The van der Waals surface area contributed by atoms with Gasteiger partial charge in [-0.15, -0.1) is 0 Å². The molecule has 2 atom stereocenters. The Kier molecular flexibility index (Phi) is 4.26. The molecule has 0 heterocycles. The van der Waals surface area contributed by atoms with E-state index in [1.165, 1.54) is 6.92 Å². The molecule has 4 heteroatoms. The van der Waals surface area contributed by atoms with Crippen LogP contribution in [0, 0.1) is 18.8 Å². The first kappa shape index (κ1) is 13.2. The maximum absolute atomic E-state index is 11.1. The second-order valence-electron chi connectivity index (χ2n) is 4.26. The molecule has 1 aromatic carbocycles. The fraction of sp³-hybridized carbons (Fsp3) is 0.385. The van der Waals surface area contributed by atoms with Gasteiger partial charge in [0.15, 0.2) is 0 Å². The van der Waals surface area contributed by atoms with E-state index in [-0.39, 0.29) is 6.42 Å². The Labute approximate surface area is 99.9 Å². The van der Waals surface area contributed by atoms with E-state index in [4.69, 9.17) is 10.2 Å².